The van der Waals surface area contributed by atoms with Crippen LogP contribution in [0.1, 0.15) is 26.7 Å². The molecule has 0 aromatic rings. The largest absolute Gasteiger partial charge is 0.343 e. The second kappa shape index (κ2) is 3.72. The van der Waals surface area contributed by atoms with Crippen LogP contribution in [-0.2, 0) is 4.79 Å². The van der Waals surface area contributed by atoms with E-state index in [1.807, 2.05) is 6.92 Å². The van der Waals surface area contributed by atoms with Crippen LogP contribution in [0.3, 0.4) is 0 Å². The minimum absolute atomic E-state index is 0.199. The fourth-order valence-corrected chi connectivity index (χ4v) is 1.73. The van der Waals surface area contributed by atoms with Gasteiger partial charge in [-0.25, -0.2) is 0 Å². The fourth-order valence-electron chi connectivity index (χ4n) is 1.73. The van der Waals surface area contributed by atoms with Crippen molar-refractivity contribution in [3.05, 3.63) is 0 Å². The van der Waals surface area contributed by atoms with Crippen LogP contribution in [0.25, 0.3) is 0 Å². The molecular weight excluding hydrogens is 140 g/mol. The quantitative estimate of drug-likeness (QED) is 0.606. The van der Waals surface area contributed by atoms with E-state index in [0.717, 1.165) is 13.0 Å². The van der Waals surface area contributed by atoms with E-state index in [1.165, 1.54) is 12.8 Å². The van der Waals surface area contributed by atoms with Gasteiger partial charge in [-0.15, -0.1) is 0 Å². The summed E-state index contributed by atoms with van der Waals surface area (Å²) in [5.74, 6) is 0. The molecule has 1 heterocycles. The summed E-state index contributed by atoms with van der Waals surface area (Å²) >= 11 is 0. The smallest absolute Gasteiger partial charge is 0.208 e. The topological polar surface area (TPSA) is 32.3 Å². The van der Waals surface area contributed by atoms with E-state index in [4.69, 9.17) is 0 Å². The number of hydrogen-bond acceptors (Lipinski definition) is 2. The van der Waals surface area contributed by atoms with Crippen molar-refractivity contribution in [3.8, 4) is 0 Å². The van der Waals surface area contributed by atoms with Crippen molar-refractivity contribution in [1.82, 2.24) is 10.2 Å². The molecule has 3 heteroatoms. The molecule has 2 atom stereocenters. The number of carbonyl (C=O) groups excluding carboxylic acids is 1. The lowest BCUT2D eigenvalue weighted by Crippen LogP contribution is -2.44. The van der Waals surface area contributed by atoms with Crippen LogP contribution in [0.5, 0.6) is 0 Å². The lowest BCUT2D eigenvalue weighted by molar-refractivity contribution is -0.111. The summed E-state index contributed by atoms with van der Waals surface area (Å²) in [6.07, 6.45) is 3.48. The van der Waals surface area contributed by atoms with E-state index in [9.17, 15) is 4.79 Å². The number of nitrogens with zero attached hydrogens (tertiary/aromatic N) is 1. The number of likely N-dealkylation sites (tertiary alicyclic amines) is 1. The van der Waals surface area contributed by atoms with Gasteiger partial charge in [0.2, 0.25) is 6.41 Å². The molecule has 0 radical (unpaired) electrons. The van der Waals surface area contributed by atoms with Gasteiger partial charge in [-0.05, 0) is 26.7 Å². The second-order valence-electron chi connectivity index (χ2n) is 3.19. The van der Waals surface area contributed by atoms with E-state index in [-0.39, 0.29) is 6.17 Å². The van der Waals surface area contributed by atoms with E-state index in [1.54, 1.807) is 0 Å². The first-order chi connectivity index (χ1) is 5.25. The molecule has 1 N–H and O–H groups in total. The Balaban J connectivity index is 2.38. The first-order valence-corrected chi connectivity index (χ1v) is 4.21. The van der Waals surface area contributed by atoms with Gasteiger partial charge in [0.15, 0.2) is 0 Å². The maximum atomic E-state index is 10.1. The molecule has 1 aliphatic rings. The molecule has 0 aromatic carbocycles. The first kappa shape index (κ1) is 8.53. The van der Waals surface area contributed by atoms with Crippen molar-refractivity contribution < 1.29 is 4.79 Å². The van der Waals surface area contributed by atoms with Gasteiger partial charge in [-0.3, -0.25) is 9.69 Å². The van der Waals surface area contributed by atoms with Crippen LogP contribution < -0.4 is 5.32 Å². The second-order valence-corrected chi connectivity index (χ2v) is 3.19. The SMILES string of the molecule is CC1CCCN1C(C)NC=O. The van der Waals surface area contributed by atoms with Gasteiger partial charge in [0, 0.05) is 12.6 Å². The molecule has 1 aliphatic heterocycles. The lowest BCUT2D eigenvalue weighted by atomic mass is 10.2. The van der Waals surface area contributed by atoms with E-state index in [0.29, 0.717) is 6.04 Å². The van der Waals surface area contributed by atoms with Crippen LogP contribution in [0, 0.1) is 0 Å². The monoisotopic (exact) mass is 156 g/mol. The predicted octanol–water partition coefficient (Wildman–Crippen LogP) is 0.563. The van der Waals surface area contributed by atoms with Crippen LogP contribution >= 0.6 is 0 Å². The molecular formula is C8H16N2O. The Morgan fingerprint density at radius 3 is 2.91 bits per heavy atom. The molecule has 0 saturated carbocycles. The molecule has 11 heavy (non-hydrogen) atoms. The Morgan fingerprint density at radius 1 is 1.73 bits per heavy atom. The van der Waals surface area contributed by atoms with Crippen molar-refractivity contribution in [2.45, 2.75) is 38.9 Å². The Bertz CT molecular complexity index is 138. The summed E-state index contributed by atoms with van der Waals surface area (Å²) in [5, 5.41) is 2.76. The number of rotatable bonds is 3. The van der Waals surface area contributed by atoms with Gasteiger partial charge in [0.25, 0.3) is 0 Å². The van der Waals surface area contributed by atoms with E-state index < -0.39 is 0 Å². The minimum atomic E-state index is 0.199. The van der Waals surface area contributed by atoms with Gasteiger partial charge in [0.05, 0.1) is 6.17 Å². The van der Waals surface area contributed by atoms with Crippen molar-refractivity contribution in [1.29, 1.82) is 0 Å². The molecule has 64 valence electrons. The summed E-state index contributed by atoms with van der Waals surface area (Å²) in [5.41, 5.74) is 0. The Hall–Kier alpha value is -0.570. The van der Waals surface area contributed by atoms with Crippen molar-refractivity contribution in [3.63, 3.8) is 0 Å². The maximum Gasteiger partial charge on any atom is 0.208 e. The molecule has 0 spiro atoms. The zero-order valence-electron chi connectivity index (χ0n) is 7.21. The van der Waals surface area contributed by atoms with Crippen LogP contribution in [0.4, 0.5) is 0 Å². The summed E-state index contributed by atoms with van der Waals surface area (Å²) in [4.78, 5) is 12.5. The van der Waals surface area contributed by atoms with Gasteiger partial charge >= 0.3 is 0 Å². The van der Waals surface area contributed by atoms with Gasteiger partial charge in [-0.1, -0.05) is 0 Å². The fraction of sp³-hybridized carbons (Fsp3) is 0.875. The van der Waals surface area contributed by atoms with Crippen LogP contribution in [0.2, 0.25) is 0 Å². The van der Waals surface area contributed by atoms with E-state index in [2.05, 4.69) is 17.1 Å². The summed E-state index contributed by atoms with van der Waals surface area (Å²) < 4.78 is 0. The molecule has 0 aromatic heterocycles. The summed E-state index contributed by atoms with van der Waals surface area (Å²) in [6.45, 7) is 5.34. The zero-order valence-corrected chi connectivity index (χ0v) is 7.21. The van der Waals surface area contributed by atoms with Gasteiger partial charge in [0.1, 0.15) is 0 Å². The Labute approximate surface area is 67.8 Å². The average Bonchev–Trinajstić information content (AvgIpc) is 2.36. The number of hydrogen-bond donors (Lipinski definition) is 1. The van der Waals surface area contributed by atoms with Gasteiger partial charge in [-0.2, -0.15) is 0 Å². The molecule has 1 fully saturated rings. The highest BCUT2D eigenvalue weighted by atomic mass is 16.1. The van der Waals surface area contributed by atoms with Gasteiger partial charge < -0.3 is 5.32 Å². The molecule has 1 rings (SSSR count). The molecule has 2 unspecified atom stereocenters. The number of amides is 1. The van der Waals surface area contributed by atoms with E-state index >= 15 is 0 Å². The number of carbonyl (C=O) groups is 1. The highest BCUT2D eigenvalue weighted by Crippen LogP contribution is 2.17. The summed E-state index contributed by atoms with van der Waals surface area (Å²) in [6, 6.07) is 0.623. The standard InChI is InChI=1S/C8H16N2O/c1-7-4-3-5-10(7)8(2)9-6-11/h6-8H,3-5H2,1-2H3,(H,9,11). The third kappa shape index (κ3) is 1.93. The first-order valence-electron chi connectivity index (χ1n) is 4.21. The van der Waals surface area contributed by atoms with Crippen molar-refractivity contribution >= 4 is 6.41 Å². The highest BCUT2D eigenvalue weighted by molar-refractivity contribution is 5.46. The molecule has 3 nitrogen and oxygen atoms in total. The third-order valence-corrected chi connectivity index (χ3v) is 2.41. The maximum absolute atomic E-state index is 10.1. The van der Waals surface area contributed by atoms with Crippen molar-refractivity contribution in [2.75, 3.05) is 6.54 Å². The molecule has 0 bridgehead atoms. The Morgan fingerprint density at radius 2 is 2.45 bits per heavy atom. The van der Waals surface area contributed by atoms with Crippen LogP contribution in [-0.4, -0.2) is 30.1 Å². The number of nitrogens with one attached hydrogen (secondary N) is 1. The normalized spacial score (nSPS) is 28.4. The summed E-state index contributed by atoms with van der Waals surface area (Å²) in [7, 11) is 0. The molecule has 0 aliphatic carbocycles. The highest BCUT2D eigenvalue weighted by Gasteiger charge is 2.23. The molecule has 1 saturated heterocycles. The third-order valence-electron chi connectivity index (χ3n) is 2.41. The predicted molar refractivity (Wildman–Crippen MR) is 44.1 cm³/mol. The van der Waals surface area contributed by atoms with Crippen molar-refractivity contribution in [2.24, 2.45) is 0 Å². The Kier molecular flexibility index (Phi) is 2.88. The lowest BCUT2D eigenvalue weighted by Gasteiger charge is -2.27. The molecule has 1 amide bonds. The van der Waals surface area contributed by atoms with Crippen LogP contribution in [0.15, 0.2) is 0 Å². The zero-order chi connectivity index (χ0) is 8.27. The average molecular weight is 156 g/mol. The minimum Gasteiger partial charge on any atom is -0.343 e.